The number of ether oxygens (including phenoxy) is 2. The summed E-state index contributed by atoms with van der Waals surface area (Å²) in [5.74, 6) is 0.873. The van der Waals surface area contributed by atoms with Crippen LogP contribution in [0.5, 0.6) is 11.5 Å². The molecule has 0 unspecified atom stereocenters. The van der Waals surface area contributed by atoms with Crippen LogP contribution < -0.4 is 14.9 Å². The first-order valence-corrected chi connectivity index (χ1v) is 8.10. The van der Waals surface area contributed by atoms with Gasteiger partial charge in [-0.25, -0.2) is 5.43 Å². The predicted octanol–water partition coefficient (Wildman–Crippen LogP) is 2.67. The van der Waals surface area contributed by atoms with Gasteiger partial charge in [0.2, 0.25) is 6.10 Å². The summed E-state index contributed by atoms with van der Waals surface area (Å²) in [6, 6.07) is 9.46. The molecule has 25 heavy (non-hydrogen) atoms. The minimum atomic E-state index is -0.742. The van der Waals surface area contributed by atoms with Crippen molar-refractivity contribution >= 4 is 12.1 Å². The number of benzene rings is 1. The van der Waals surface area contributed by atoms with Crippen LogP contribution in [0.4, 0.5) is 0 Å². The van der Waals surface area contributed by atoms with Gasteiger partial charge in [-0.1, -0.05) is 32.9 Å². The first-order chi connectivity index (χ1) is 11.9. The maximum absolute atomic E-state index is 12.2. The molecule has 1 amide bonds. The summed E-state index contributed by atoms with van der Waals surface area (Å²) in [5.41, 5.74) is 4.37. The van der Waals surface area contributed by atoms with E-state index in [2.05, 4.69) is 36.3 Å². The zero-order chi connectivity index (χ0) is 17.9. The number of hydrazone groups is 1. The summed E-state index contributed by atoms with van der Waals surface area (Å²) in [7, 11) is 0. The highest BCUT2D eigenvalue weighted by Crippen LogP contribution is 2.36. The fourth-order valence-electron chi connectivity index (χ4n) is 2.36. The second-order valence-electron chi connectivity index (χ2n) is 6.85. The van der Waals surface area contributed by atoms with Crippen LogP contribution in [-0.4, -0.2) is 29.8 Å². The number of aromatic nitrogens is 1. The Hall–Kier alpha value is -2.89. The van der Waals surface area contributed by atoms with Gasteiger partial charge in [-0.15, -0.1) is 0 Å². The maximum Gasteiger partial charge on any atom is 0.284 e. The lowest BCUT2D eigenvalue weighted by Crippen LogP contribution is -2.42. The van der Waals surface area contributed by atoms with Gasteiger partial charge in [0.05, 0.1) is 6.21 Å². The summed E-state index contributed by atoms with van der Waals surface area (Å²) in [6.45, 7) is 6.51. The minimum absolute atomic E-state index is 0.0123. The van der Waals surface area contributed by atoms with E-state index in [-0.39, 0.29) is 17.9 Å². The van der Waals surface area contributed by atoms with Crippen molar-refractivity contribution in [3.8, 4) is 11.5 Å². The molecule has 0 spiro atoms. The van der Waals surface area contributed by atoms with Crippen LogP contribution in [0.25, 0.3) is 0 Å². The third-order valence-electron chi connectivity index (χ3n) is 3.83. The van der Waals surface area contributed by atoms with Crippen molar-refractivity contribution in [3.63, 3.8) is 0 Å². The molecule has 3 rings (SSSR count). The third-order valence-corrected chi connectivity index (χ3v) is 3.83. The van der Waals surface area contributed by atoms with Crippen LogP contribution in [-0.2, 0) is 10.2 Å². The molecule has 0 saturated heterocycles. The van der Waals surface area contributed by atoms with Crippen molar-refractivity contribution in [1.82, 2.24) is 10.4 Å². The molecule has 0 radical (unpaired) electrons. The lowest BCUT2D eigenvalue weighted by molar-refractivity contribution is -0.130. The van der Waals surface area contributed by atoms with Gasteiger partial charge in [-0.2, -0.15) is 5.10 Å². The monoisotopic (exact) mass is 339 g/mol. The number of carbonyl (C=O) groups excluding carboxylic acids is 1. The molecule has 1 atom stereocenters. The number of pyridine rings is 1. The van der Waals surface area contributed by atoms with Gasteiger partial charge in [0.15, 0.2) is 11.5 Å². The van der Waals surface area contributed by atoms with Gasteiger partial charge in [-0.05, 0) is 29.2 Å². The standard InChI is InChI=1S/C19H21N3O3/c1-19(2,3)14-6-7-15-16(9-14)25-17(12-24-15)18(23)22-21-11-13-5-4-8-20-10-13/h4-11,17H,12H2,1-3H3,(H,22,23)/b21-11+/t17-/m1/s1. The molecule has 1 N–H and O–H groups in total. The van der Waals surface area contributed by atoms with E-state index in [1.807, 2.05) is 24.3 Å². The van der Waals surface area contributed by atoms with E-state index in [0.29, 0.717) is 11.5 Å². The normalized spacial score (nSPS) is 16.7. The van der Waals surface area contributed by atoms with E-state index >= 15 is 0 Å². The van der Waals surface area contributed by atoms with Crippen molar-refractivity contribution in [2.24, 2.45) is 5.10 Å². The molecule has 2 aromatic rings. The highest BCUT2D eigenvalue weighted by molar-refractivity contribution is 5.84. The molecule has 6 nitrogen and oxygen atoms in total. The summed E-state index contributed by atoms with van der Waals surface area (Å²) in [4.78, 5) is 16.2. The van der Waals surface area contributed by atoms with Gasteiger partial charge in [0.25, 0.3) is 5.91 Å². The zero-order valence-corrected chi connectivity index (χ0v) is 14.5. The van der Waals surface area contributed by atoms with Crippen LogP contribution in [0.15, 0.2) is 47.8 Å². The summed E-state index contributed by atoms with van der Waals surface area (Å²) in [5, 5.41) is 3.93. The molecular weight excluding hydrogens is 318 g/mol. The van der Waals surface area contributed by atoms with Crippen molar-refractivity contribution in [3.05, 3.63) is 53.9 Å². The molecule has 2 heterocycles. The number of rotatable bonds is 3. The number of nitrogens with zero attached hydrogens (tertiary/aromatic N) is 2. The average molecular weight is 339 g/mol. The maximum atomic E-state index is 12.2. The lowest BCUT2D eigenvalue weighted by atomic mass is 9.87. The van der Waals surface area contributed by atoms with E-state index in [4.69, 9.17) is 9.47 Å². The molecular formula is C19H21N3O3. The number of hydrogen-bond donors (Lipinski definition) is 1. The fourth-order valence-corrected chi connectivity index (χ4v) is 2.36. The molecule has 0 aliphatic carbocycles. The Balaban J connectivity index is 1.65. The van der Waals surface area contributed by atoms with Crippen LogP contribution >= 0.6 is 0 Å². The Bertz CT molecular complexity index is 782. The Kier molecular flexibility index (Phi) is 4.70. The SMILES string of the molecule is CC(C)(C)c1ccc2c(c1)O[C@@H](C(=O)N/N=C/c1cccnc1)CO2. The van der Waals surface area contributed by atoms with Crippen molar-refractivity contribution in [2.75, 3.05) is 6.61 Å². The van der Waals surface area contributed by atoms with Crippen LogP contribution in [0.3, 0.4) is 0 Å². The Morgan fingerprint density at radius 1 is 1.32 bits per heavy atom. The van der Waals surface area contributed by atoms with Crippen LogP contribution in [0.2, 0.25) is 0 Å². The highest BCUT2D eigenvalue weighted by Gasteiger charge is 2.28. The summed E-state index contributed by atoms with van der Waals surface area (Å²) in [6.07, 6.45) is 4.11. The van der Waals surface area contributed by atoms with E-state index in [1.165, 1.54) is 6.21 Å². The van der Waals surface area contributed by atoms with Crippen LogP contribution in [0.1, 0.15) is 31.9 Å². The summed E-state index contributed by atoms with van der Waals surface area (Å²) < 4.78 is 11.5. The van der Waals surface area contributed by atoms with Gasteiger partial charge in [0, 0.05) is 18.0 Å². The van der Waals surface area contributed by atoms with E-state index in [1.54, 1.807) is 18.5 Å². The predicted molar refractivity (Wildman–Crippen MR) is 95.0 cm³/mol. The third kappa shape index (κ3) is 4.15. The Labute approximate surface area is 146 Å². The number of amides is 1. The zero-order valence-electron chi connectivity index (χ0n) is 14.5. The van der Waals surface area contributed by atoms with Gasteiger partial charge < -0.3 is 9.47 Å². The van der Waals surface area contributed by atoms with Crippen molar-refractivity contribution < 1.29 is 14.3 Å². The Morgan fingerprint density at radius 2 is 2.16 bits per heavy atom. The van der Waals surface area contributed by atoms with Gasteiger partial charge in [0.1, 0.15) is 6.61 Å². The topological polar surface area (TPSA) is 72.8 Å². The van der Waals surface area contributed by atoms with E-state index in [9.17, 15) is 4.79 Å². The molecule has 0 fully saturated rings. The van der Waals surface area contributed by atoms with E-state index < -0.39 is 6.10 Å². The number of hydrogen-bond acceptors (Lipinski definition) is 5. The minimum Gasteiger partial charge on any atom is -0.485 e. The quantitative estimate of drug-likeness (QED) is 0.689. The summed E-state index contributed by atoms with van der Waals surface area (Å²) >= 11 is 0. The average Bonchev–Trinajstić information content (AvgIpc) is 2.61. The smallest absolute Gasteiger partial charge is 0.284 e. The second kappa shape index (κ2) is 6.93. The van der Waals surface area contributed by atoms with Crippen molar-refractivity contribution in [2.45, 2.75) is 32.3 Å². The first-order valence-electron chi connectivity index (χ1n) is 8.10. The fraction of sp³-hybridized carbons (Fsp3) is 0.316. The molecule has 0 bridgehead atoms. The molecule has 6 heteroatoms. The number of nitrogens with one attached hydrogen (secondary N) is 1. The highest BCUT2D eigenvalue weighted by atomic mass is 16.6. The Morgan fingerprint density at radius 3 is 2.88 bits per heavy atom. The van der Waals surface area contributed by atoms with E-state index in [0.717, 1.165) is 11.1 Å². The van der Waals surface area contributed by atoms with Crippen molar-refractivity contribution in [1.29, 1.82) is 0 Å². The first kappa shape index (κ1) is 17.0. The number of fused-ring (bicyclic) bond motifs is 1. The molecule has 1 aromatic heterocycles. The van der Waals surface area contributed by atoms with Crippen LogP contribution in [0, 0.1) is 0 Å². The molecule has 1 aliphatic heterocycles. The second-order valence-corrected chi connectivity index (χ2v) is 6.85. The lowest BCUT2D eigenvalue weighted by Gasteiger charge is -2.27. The van der Waals surface area contributed by atoms with Gasteiger partial charge in [-0.3, -0.25) is 9.78 Å². The van der Waals surface area contributed by atoms with Gasteiger partial charge >= 0.3 is 0 Å². The molecule has 1 aromatic carbocycles. The molecule has 0 saturated carbocycles. The molecule has 1 aliphatic rings. The molecule has 130 valence electrons. The largest absolute Gasteiger partial charge is 0.485 e. The number of carbonyl (C=O) groups is 1.